The van der Waals surface area contributed by atoms with Gasteiger partial charge in [-0.3, -0.25) is 9.78 Å². The topological polar surface area (TPSA) is 92.5 Å². The number of furan rings is 1. The minimum Gasteiger partial charge on any atom is -0.467 e. The predicted molar refractivity (Wildman–Crippen MR) is 139 cm³/mol. The van der Waals surface area contributed by atoms with Crippen LogP contribution in [0.25, 0.3) is 10.9 Å². The number of fused-ring (bicyclic) bond motifs is 1. The highest BCUT2D eigenvalue weighted by Crippen LogP contribution is 2.25. The van der Waals surface area contributed by atoms with Gasteiger partial charge in [-0.15, -0.1) is 11.3 Å². The second kappa shape index (κ2) is 10.4. The Bertz CT molecular complexity index is 1520. The van der Waals surface area contributed by atoms with Crippen LogP contribution in [0.15, 0.2) is 112 Å². The van der Waals surface area contributed by atoms with Crippen LogP contribution in [-0.4, -0.2) is 24.2 Å². The highest BCUT2D eigenvalue weighted by Gasteiger charge is 2.31. The maximum Gasteiger partial charge on any atom is 0.246 e. The summed E-state index contributed by atoms with van der Waals surface area (Å²) >= 11 is 1.53. The molecule has 0 aliphatic carbocycles. The van der Waals surface area contributed by atoms with Crippen molar-refractivity contribution < 1.29 is 17.6 Å². The fourth-order valence-electron chi connectivity index (χ4n) is 3.93. The molecule has 0 saturated carbocycles. The molecule has 0 spiro atoms. The normalized spacial score (nSPS) is 12.4. The molecule has 0 fully saturated rings. The second-order valence-electron chi connectivity index (χ2n) is 8.18. The van der Waals surface area contributed by atoms with Crippen molar-refractivity contribution in [1.82, 2.24) is 14.6 Å². The lowest BCUT2D eigenvalue weighted by molar-refractivity contribution is -0.134. The standard InChI is InChI=1S/C27H23N3O4S2/c31-27(30(18-22-10-5-15-34-22)19-23-11-6-16-35-23)26(20-7-2-1-3-8-20)29-36(32,33)24-12-13-25-21(17-24)9-4-14-28-25/h1-17,26,29H,18-19H2/t26-/m1/s1. The van der Waals surface area contributed by atoms with Crippen LogP contribution in [0, 0.1) is 0 Å². The molecule has 5 rings (SSSR count). The van der Waals surface area contributed by atoms with E-state index in [1.807, 2.05) is 23.6 Å². The van der Waals surface area contributed by atoms with Crippen LogP contribution in [0.1, 0.15) is 22.2 Å². The number of thiophene rings is 1. The molecule has 182 valence electrons. The van der Waals surface area contributed by atoms with Crippen LogP contribution < -0.4 is 4.72 Å². The molecule has 3 aromatic heterocycles. The fraction of sp³-hybridized carbons (Fsp3) is 0.111. The number of benzene rings is 2. The molecule has 0 radical (unpaired) electrons. The Morgan fingerprint density at radius 2 is 1.83 bits per heavy atom. The third-order valence-electron chi connectivity index (χ3n) is 5.70. The van der Waals surface area contributed by atoms with Gasteiger partial charge >= 0.3 is 0 Å². The number of pyridine rings is 1. The van der Waals surface area contributed by atoms with E-state index in [-0.39, 0.29) is 17.3 Å². The minimum absolute atomic E-state index is 0.0626. The molecule has 5 aromatic rings. The zero-order chi connectivity index (χ0) is 25.0. The van der Waals surface area contributed by atoms with Gasteiger partial charge in [0.1, 0.15) is 11.8 Å². The van der Waals surface area contributed by atoms with Gasteiger partial charge in [0.25, 0.3) is 0 Å². The van der Waals surface area contributed by atoms with E-state index >= 15 is 0 Å². The quantitative estimate of drug-likeness (QED) is 0.292. The number of sulfonamides is 1. The number of aromatic nitrogens is 1. The molecule has 9 heteroatoms. The van der Waals surface area contributed by atoms with Gasteiger partial charge in [0.2, 0.25) is 15.9 Å². The van der Waals surface area contributed by atoms with Crippen LogP contribution >= 0.6 is 11.3 Å². The van der Waals surface area contributed by atoms with Crippen LogP contribution in [0.3, 0.4) is 0 Å². The highest BCUT2D eigenvalue weighted by molar-refractivity contribution is 7.89. The largest absolute Gasteiger partial charge is 0.467 e. The Hall–Kier alpha value is -3.79. The monoisotopic (exact) mass is 517 g/mol. The summed E-state index contributed by atoms with van der Waals surface area (Å²) in [5, 5.41) is 2.64. The SMILES string of the molecule is O=C([C@H](NS(=O)(=O)c1ccc2ncccc2c1)c1ccccc1)N(Cc1ccco1)Cc1cccs1. The lowest BCUT2D eigenvalue weighted by Crippen LogP contribution is -2.42. The molecule has 3 heterocycles. The van der Waals surface area contributed by atoms with E-state index in [1.165, 1.54) is 17.4 Å². The van der Waals surface area contributed by atoms with Crippen molar-refractivity contribution in [1.29, 1.82) is 0 Å². The van der Waals surface area contributed by atoms with E-state index in [0.717, 1.165) is 4.88 Å². The van der Waals surface area contributed by atoms with Crippen LogP contribution in [-0.2, 0) is 27.9 Å². The average Bonchev–Trinajstić information content (AvgIpc) is 3.61. The predicted octanol–water partition coefficient (Wildman–Crippen LogP) is 5.14. The van der Waals surface area contributed by atoms with Gasteiger partial charge < -0.3 is 9.32 Å². The Balaban J connectivity index is 1.50. The molecule has 0 unspecified atom stereocenters. The number of amides is 1. The molecule has 0 aliphatic rings. The number of nitrogens with one attached hydrogen (secondary N) is 1. The number of nitrogens with zero attached hydrogens (tertiary/aromatic N) is 2. The first-order valence-electron chi connectivity index (χ1n) is 11.3. The van der Waals surface area contributed by atoms with Crippen molar-refractivity contribution in [2.75, 3.05) is 0 Å². The van der Waals surface area contributed by atoms with Gasteiger partial charge in [-0.05, 0) is 53.4 Å². The van der Waals surface area contributed by atoms with Gasteiger partial charge in [0.15, 0.2) is 0 Å². The van der Waals surface area contributed by atoms with E-state index in [2.05, 4.69) is 9.71 Å². The Labute approximate surface area is 213 Å². The fourth-order valence-corrected chi connectivity index (χ4v) is 5.86. The molecular weight excluding hydrogens is 494 g/mol. The molecule has 7 nitrogen and oxygen atoms in total. The van der Waals surface area contributed by atoms with Crippen LogP contribution in [0.2, 0.25) is 0 Å². The zero-order valence-corrected chi connectivity index (χ0v) is 20.8. The van der Waals surface area contributed by atoms with Gasteiger partial charge in [-0.25, -0.2) is 8.42 Å². The average molecular weight is 518 g/mol. The minimum atomic E-state index is -4.05. The lowest BCUT2D eigenvalue weighted by Gasteiger charge is -2.27. The molecule has 2 aromatic carbocycles. The number of rotatable bonds is 9. The third-order valence-corrected chi connectivity index (χ3v) is 7.98. The molecule has 1 atom stereocenters. The number of carbonyl (C=O) groups is 1. The van der Waals surface area contributed by atoms with Gasteiger partial charge in [-0.1, -0.05) is 42.5 Å². The first kappa shape index (κ1) is 23.9. The first-order valence-corrected chi connectivity index (χ1v) is 13.6. The summed E-state index contributed by atoms with van der Waals surface area (Å²) in [6, 6.07) is 23.4. The molecular formula is C27H23N3O4S2. The lowest BCUT2D eigenvalue weighted by atomic mass is 10.1. The molecule has 1 amide bonds. The van der Waals surface area contributed by atoms with Crippen molar-refractivity contribution in [2.45, 2.75) is 24.0 Å². The third kappa shape index (κ3) is 5.38. The summed E-state index contributed by atoms with van der Waals surface area (Å²) in [5.74, 6) is 0.230. The summed E-state index contributed by atoms with van der Waals surface area (Å²) in [4.78, 5) is 20.9. The smallest absolute Gasteiger partial charge is 0.246 e. The Morgan fingerprint density at radius 1 is 0.972 bits per heavy atom. The van der Waals surface area contributed by atoms with Crippen LogP contribution in [0.5, 0.6) is 0 Å². The van der Waals surface area contributed by atoms with Crippen molar-refractivity contribution in [3.05, 3.63) is 119 Å². The number of hydrogen-bond donors (Lipinski definition) is 1. The zero-order valence-electron chi connectivity index (χ0n) is 19.2. The Morgan fingerprint density at radius 3 is 2.58 bits per heavy atom. The van der Waals surface area contributed by atoms with Gasteiger partial charge in [-0.2, -0.15) is 4.72 Å². The molecule has 36 heavy (non-hydrogen) atoms. The van der Waals surface area contributed by atoms with E-state index in [1.54, 1.807) is 78.0 Å². The first-order chi connectivity index (χ1) is 17.5. The summed E-state index contributed by atoms with van der Waals surface area (Å²) in [6.45, 7) is 0.528. The van der Waals surface area contributed by atoms with Gasteiger partial charge in [0, 0.05) is 16.5 Å². The summed E-state index contributed by atoms with van der Waals surface area (Å²) in [6.07, 6.45) is 3.20. The maximum atomic E-state index is 14.0. The summed E-state index contributed by atoms with van der Waals surface area (Å²) < 4.78 is 35.2. The maximum absolute atomic E-state index is 14.0. The molecule has 0 aliphatic heterocycles. The van der Waals surface area contributed by atoms with E-state index in [9.17, 15) is 13.2 Å². The van der Waals surface area contributed by atoms with Crippen molar-refractivity contribution in [3.8, 4) is 0 Å². The highest BCUT2D eigenvalue weighted by atomic mass is 32.2. The number of hydrogen-bond acceptors (Lipinski definition) is 6. The summed E-state index contributed by atoms with van der Waals surface area (Å²) in [5.41, 5.74) is 1.23. The van der Waals surface area contributed by atoms with E-state index in [0.29, 0.717) is 28.8 Å². The second-order valence-corrected chi connectivity index (χ2v) is 10.9. The van der Waals surface area contributed by atoms with E-state index < -0.39 is 16.1 Å². The molecule has 1 N–H and O–H groups in total. The summed E-state index contributed by atoms with van der Waals surface area (Å²) in [7, 11) is -4.05. The van der Waals surface area contributed by atoms with E-state index in [4.69, 9.17) is 4.42 Å². The molecule has 0 bridgehead atoms. The van der Waals surface area contributed by atoms with Crippen molar-refractivity contribution >= 4 is 38.2 Å². The number of carbonyl (C=O) groups excluding carboxylic acids is 1. The van der Waals surface area contributed by atoms with Crippen molar-refractivity contribution in [3.63, 3.8) is 0 Å². The van der Waals surface area contributed by atoms with Crippen molar-refractivity contribution in [2.24, 2.45) is 0 Å². The van der Waals surface area contributed by atoms with Crippen LogP contribution in [0.4, 0.5) is 0 Å². The Kier molecular flexibility index (Phi) is 6.95. The molecule has 0 saturated heterocycles. The van der Waals surface area contributed by atoms with Gasteiger partial charge in [0.05, 0.1) is 29.8 Å².